The number of allylic oxidation sites excluding steroid dienone is 1. The molecule has 1 rings (SSSR count). The van der Waals surface area contributed by atoms with Crippen molar-refractivity contribution in [2.45, 2.75) is 51.0 Å². The molecule has 0 fully saturated rings. The third-order valence-electron chi connectivity index (χ3n) is 3.28. The van der Waals surface area contributed by atoms with E-state index in [1.54, 1.807) is 41.5 Å². The molecule has 0 saturated heterocycles. The van der Waals surface area contributed by atoms with Crippen molar-refractivity contribution in [1.29, 1.82) is 0 Å². The largest absolute Gasteiger partial charge is 0.510 e. The van der Waals surface area contributed by atoms with Crippen molar-refractivity contribution in [2.24, 2.45) is 5.92 Å². The van der Waals surface area contributed by atoms with Gasteiger partial charge in [0, 0.05) is 16.7 Å². The van der Waals surface area contributed by atoms with Crippen molar-refractivity contribution >= 4 is 22.4 Å². The van der Waals surface area contributed by atoms with Crippen LogP contribution in [-0.2, 0) is 20.4 Å². The maximum absolute atomic E-state index is 12.3. The molecule has 18 heavy (non-hydrogen) atoms. The summed E-state index contributed by atoms with van der Waals surface area (Å²) in [6, 6.07) is 0. The monoisotopic (exact) mass is 272 g/mol. The number of rotatable bonds is 2. The molecule has 0 aromatic heterocycles. The molecule has 102 valence electrons. The fourth-order valence-electron chi connectivity index (χ4n) is 2.04. The van der Waals surface area contributed by atoms with Crippen molar-refractivity contribution in [3.8, 4) is 0 Å². The van der Waals surface area contributed by atoms with Crippen LogP contribution >= 0.6 is 0 Å². The first-order chi connectivity index (χ1) is 7.95. The Kier molecular flexibility index (Phi) is 3.60. The number of hydrogen-bond acceptors (Lipinski definition) is 4. The number of aliphatic hydroxyl groups excluding tert-OH is 1. The van der Waals surface area contributed by atoms with Crippen molar-refractivity contribution < 1.29 is 18.9 Å². The first-order valence-electron chi connectivity index (χ1n) is 5.90. The van der Waals surface area contributed by atoms with E-state index in [9.17, 15) is 18.9 Å². The van der Waals surface area contributed by atoms with E-state index < -0.39 is 31.9 Å². The number of aliphatic hydroxyl groups is 1. The van der Waals surface area contributed by atoms with Crippen molar-refractivity contribution in [3.63, 3.8) is 0 Å². The molecule has 1 unspecified atom stereocenters. The van der Waals surface area contributed by atoms with Gasteiger partial charge in [0.05, 0.1) is 4.75 Å². The van der Waals surface area contributed by atoms with Gasteiger partial charge in [-0.25, -0.2) is 0 Å². The van der Waals surface area contributed by atoms with E-state index in [4.69, 9.17) is 0 Å². The van der Waals surface area contributed by atoms with Crippen LogP contribution < -0.4 is 0 Å². The Bertz CT molecular complexity index is 469. The summed E-state index contributed by atoms with van der Waals surface area (Å²) < 4.78 is 10.1. The molecule has 1 aliphatic rings. The molecule has 0 aromatic rings. The maximum Gasteiger partial charge on any atom is 0.187 e. The van der Waals surface area contributed by atoms with Crippen LogP contribution in [0.1, 0.15) is 41.5 Å². The lowest BCUT2D eigenvalue weighted by atomic mass is 9.87. The van der Waals surface area contributed by atoms with Crippen LogP contribution in [0.5, 0.6) is 0 Å². The van der Waals surface area contributed by atoms with Crippen LogP contribution in [0.25, 0.3) is 0 Å². The average molecular weight is 272 g/mol. The van der Waals surface area contributed by atoms with Gasteiger partial charge in [0.1, 0.15) is 16.1 Å². The number of Topliss-reactive ketones (excluding diaryl/α,β-unsaturated/α-hetero) is 2. The summed E-state index contributed by atoms with van der Waals surface area (Å²) in [5.41, 5.74) is -0.181. The summed E-state index contributed by atoms with van der Waals surface area (Å²) in [7, 11) is -1.58. The smallest absolute Gasteiger partial charge is 0.187 e. The highest BCUT2D eigenvalue weighted by molar-refractivity contribution is 7.89. The normalized spacial score (nSPS) is 26.6. The Hall–Kier alpha value is -0.970. The first-order valence-corrected chi connectivity index (χ1v) is 7.05. The van der Waals surface area contributed by atoms with Gasteiger partial charge in [-0.1, -0.05) is 13.8 Å². The maximum atomic E-state index is 12.3. The lowest BCUT2D eigenvalue weighted by molar-refractivity contribution is -0.124. The van der Waals surface area contributed by atoms with E-state index >= 15 is 0 Å². The molecule has 5 heteroatoms. The lowest BCUT2D eigenvalue weighted by Gasteiger charge is -2.38. The van der Waals surface area contributed by atoms with E-state index in [1.165, 1.54) is 0 Å². The Morgan fingerprint density at radius 1 is 1.17 bits per heavy atom. The van der Waals surface area contributed by atoms with Crippen LogP contribution in [0, 0.1) is 5.92 Å². The van der Waals surface area contributed by atoms with Gasteiger partial charge < -0.3 is 5.11 Å². The quantitative estimate of drug-likeness (QED) is 0.779. The molecular weight excluding hydrogens is 252 g/mol. The Balaban J connectivity index is 3.57. The highest BCUT2D eigenvalue weighted by Crippen LogP contribution is 2.39. The van der Waals surface area contributed by atoms with Gasteiger partial charge in [0.25, 0.3) is 0 Å². The van der Waals surface area contributed by atoms with E-state index in [-0.39, 0.29) is 17.3 Å². The van der Waals surface area contributed by atoms with Gasteiger partial charge in [0.2, 0.25) is 0 Å². The van der Waals surface area contributed by atoms with Crippen LogP contribution in [0.15, 0.2) is 11.3 Å². The SMILES string of the molecule is CC(C)C(=O)C1=C(O)C(C)(C)S(=O)C(C)(C)C1=O. The number of ketones is 2. The van der Waals surface area contributed by atoms with Crippen LogP contribution in [0.3, 0.4) is 0 Å². The molecule has 1 N–H and O–H groups in total. The van der Waals surface area contributed by atoms with Gasteiger partial charge in [-0.15, -0.1) is 0 Å². The summed E-state index contributed by atoms with van der Waals surface area (Å²) in [5.74, 6) is -1.65. The third kappa shape index (κ3) is 1.94. The molecule has 1 atom stereocenters. The first kappa shape index (κ1) is 15.1. The molecule has 1 heterocycles. The van der Waals surface area contributed by atoms with E-state index in [2.05, 4.69) is 0 Å². The summed E-state index contributed by atoms with van der Waals surface area (Å²) >= 11 is 0. The van der Waals surface area contributed by atoms with Gasteiger partial charge in [-0.05, 0) is 27.7 Å². The lowest BCUT2D eigenvalue weighted by Crippen LogP contribution is -2.53. The topological polar surface area (TPSA) is 71.4 Å². The summed E-state index contributed by atoms with van der Waals surface area (Å²) in [6.45, 7) is 9.60. The minimum Gasteiger partial charge on any atom is -0.510 e. The van der Waals surface area contributed by atoms with Gasteiger partial charge in [-0.3, -0.25) is 13.8 Å². The van der Waals surface area contributed by atoms with E-state index in [1.807, 2.05) is 0 Å². The fraction of sp³-hybridized carbons (Fsp3) is 0.692. The summed E-state index contributed by atoms with van der Waals surface area (Å²) in [5, 5.41) is 10.1. The second kappa shape index (κ2) is 4.30. The Morgan fingerprint density at radius 2 is 1.61 bits per heavy atom. The van der Waals surface area contributed by atoms with E-state index in [0.717, 1.165) is 0 Å². The summed E-state index contributed by atoms with van der Waals surface area (Å²) in [6.07, 6.45) is 0. The molecule has 1 aliphatic heterocycles. The van der Waals surface area contributed by atoms with Crippen LogP contribution in [0.4, 0.5) is 0 Å². The Labute approximate surface area is 110 Å². The molecule has 4 nitrogen and oxygen atoms in total. The molecule has 0 aromatic carbocycles. The van der Waals surface area contributed by atoms with Crippen LogP contribution in [-0.4, -0.2) is 30.4 Å². The average Bonchev–Trinajstić information content (AvgIpc) is 2.25. The predicted octanol–water partition coefficient (Wildman–Crippen LogP) is 1.91. The van der Waals surface area contributed by atoms with Gasteiger partial charge in [0.15, 0.2) is 11.6 Å². The Morgan fingerprint density at radius 3 is 2.00 bits per heavy atom. The summed E-state index contributed by atoms with van der Waals surface area (Å²) in [4.78, 5) is 24.3. The highest BCUT2D eigenvalue weighted by atomic mass is 32.2. The van der Waals surface area contributed by atoms with Gasteiger partial charge in [-0.2, -0.15) is 0 Å². The molecule has 0 spiro atoms. The predicted molar refractivity (Wildman–Crippen MR) is 70.8 cm³/mol. The fourth-order valence-corrected chi connectivity index (χ4v) is 3.86. The van der Waals surface area contributed by atoms with Crippen molar-refractivity contribution in [1.82, 2.24) is 0 Å². The second-order valence-electron chi connectivity index (χ2n) is 5.86. The minimum absolute atomic E-state index is 0.181. The molecule has 0 amide bonds. The second-order valence-corrected chi connectivity index (χ2v) is 8.44. The zero-order valence-corrected chi connectivity index (χ0v) is 12.5. The molecule has 0 saturated carbocycles. The standard InChI is InChI=1S/C13H20O4S/c1-7(2)9(14)8-10(15)12(3,4)18(17)13(5,6)11(8)16/h7,15H,1-6H3. The number of hydrogen-bond donors (Lipinski definition) is 1. The zero-order chi connectivity index (χ0) is 14.5. The van der Waals surface area contributed by atoms with Gasteiger partial charge >= 0.3 is 0 Å². The third-order valence-corrected chi connectivity index (χ3v) is 5.51. The number of carbonyl (C=O) groups is 2. The molecule has 0 aliphatic carbocycles. The van der Waals surface area contributed by atoms with Crippen molar-refractivity contribution in [3.05, 3.63) is 11.3 Å². The molecule has 0 bridgehead atoms. The molecule has 0 radical (unpaired) electrons. The number of carbonyl (C=O) groups excluding carboxylic acids is 2. The zero-order valence-electron chi connectivity index (χ0n) is 11.7. The highest BCUT2D eigenvalue weighted by Gasteiger charge is 2.53. The van der Waals surface area contributed by atoms with E-state index in [0.29, 0.717) is 0 Å². The molecular formula is C13H20O4S. The van der Waals surface area contributed by atoms with Crippen LogP contribution in [0.2, 0.25) is 0 Å². The minimum atomic E-state index is -1.58. The van der Waals surface area contributed by atoms with Crippen molar-refractivity contribution in [2.75, 3.05) is 0 Å².